The Morgan fingerprint density at radius 2 is 1.82 bits per heavy atom. The van der Waals surface area contributed by atoms with E-state index >= 15 is 0 Å². The molecule has 92 valence electrons. The van der Waals surface area contributed by atoms with Crippen LogP contribution in [0.2, 0.25) is 0 Å². The topological polar surface area (TPSA) is 26.3 Å². The molecule has 1 fully saturated rings. The fraction of sp³-hybridized carbons (Fsp3) is 0.533. The SMILES string of the molecule is COCC(=O)C1(c2ccccc2)CCCCC1. The van der Waals surface area contributed by atoms with Crippen molar-refractivity contribution in [2.24, 2.45) is 0 Å². The van der Waals surface area contributed by atoms with Crippen molar-refractivity contribution in [1.29, 1.82) is 0 Å². The van der Waals surface area contributed by atoms with E-state index in [9.17, 15) is 4.79 Å². The number of hydrogen-bond donors (Lipinski definition) is 0. The van der Waals surface area contributed by atoms with Gasteiger partial charge in [-0.1, -0.05) is 49.6 Å². The molecule has 0 saturated heterocycles. The highest BCUT2D eigenvalue weighted by Crippen LogP contribution is 2.40. The van der Waals surface area contributed by atoms with E-state index in [1.165, 1.54) is 12.0 Å². The molecule has 0 spiro atoms. The molecule has 0 bridgehead atoms. The van der Waals surface area contributed by atoms with Crippen molar-refractivity contribution in [2.75, 3.05) is 13.7 Å². The minimum atomic E-state index is -0.282. The molecule has 0 N–H and O–H groups in total. The van der Waals surface area contributed by atoms with E-state index in [4.69, 9.17) is 4.74 Å². The van der Waals surface area contributed by atoms with Crippen LogP contribution in [0.1, 0.15) is 37.7 Å². The van der Waals surface area contributed by atoms with Crippen molar-refractivity contribution >= 4 is 5.78 Å². The van der Waals surface area contributed by atoms with E-state index < -0.39 is 0 Å². The Hall–Kier alpha value is -1.15. The highest BCUT2D eigenvalue weighted by molar-refractivity contribution is 5.91. The molecule has 2 rings (SSSR count). The lowest BCUT2D eigenvalue weighted by Gasteiger charge is -2.36. The van der Waals surface area contributed by atoms with E-state index in [0.29, 0.717) is 0 Å². The maximum Gasteiger partial charge on any atom is 0.168 e. The molecule has 1 aliphatic carbocycles. The summed E-state index contributed by atoms with van der Waals surface area (Å²) in [6.07, 6.45) is 5.47. The number of carbonyl (C=O) groups excluding carboxylic acids is 1. The Morgan fingerprint density at radius 1 is 1.18 bits per heavy atom. The van der Waals surface area contributed by atoms with Gasteiger partial charge in [0.2, 0.25) is 0 Å². The summed E-state index contributed by atoms with van der Waals surface area (Å²) < 4.78 is 5.05. The van der Waals surface area contributed by atoms with Crippen molar-refractivity contribution in [2.45, 2.75) is 37.5 Å². The monoisotopic (exact) mass is 232 g/mol. The van der Waals surface area contributed by atoms with E-state index in [1.54, 1.807) is 7.11 Å². The molecular weight excluding hydrogens is 212 g/mol. The molecule has 1 aromatic carbocycles. The predicted molar refractivity (Wildman–Crippen MR) is 68.1 cm³/mol. The number of Topliss-reactive ketones (excluding diaryl/α,β-unsaturated/α-hetero) is 1. The van der Waals surface area contributed by atoms with Gasteiger partial charge in [0, 0.05) is 7.11 Å². The van der Waals surface area contributed by atoms with Gasteiger partial charge in [0.15, 0.2) is 5.78 Å². The minimum Gasteiger partial charge on any atom is -0.377 e. The first-order chi connectivity index (χ1) is 8.29. The molecule has 0 amide bonds. The molecule has 1 saturated carbocycles. The fourth-order valence-corrected chi connectivity index (χ4v) is 2.91. The first-order valence-corrected chi connectivity index (χ1v) is 6.37. The van der Waals surface area contributed by atoms with Crippen molar-refractivity contribution in [1.82, 2.24) is 0 Å². The Kier molecular flexibility index (Phi) is 3.95. The zero-order valence-electron chi connectivity index (χ0n) is 10.4. The second kappa shape index (κ2) is 5.46. The summed E-state index contributed by atoms with van der Waals surface area (Å²) in [4.78, 5) is 12.4. The van der Waals surface area contributed by atoms with E-state index in [0.717, 1.165) is 25.7 Å². The molecule has 2 heteroatoms. The first-order valence-electron chi connectivity index (χ1n) is 6.37. The van der Waals surface area contributed by atoms with Gasteiger partial charge in [-0.25, -0.2) is 0 Å². The summed E-state index contributed by atoms with van der Waals surface area (Å²) in [5, 5.41) is 0. The maximum atomic E-state index is 12.4. The highest BCUT2D eigenvalue weighted by Gasteiger charge is 2.40. The molecule has 0 heterocycles. The minimum absolute atomic E-state index is 0.231. The third-order valence-corrected chi connectivity index (χ3v) is 3.84. The molecule has 1 aromatic rings. The van der Waals surface area contributed by atoms with Crippen LogP contribution in [0.4, 0.5) is 0 Å². The van der Waals surface area contributed by atoms with Gasteiger partial charge in [0.05, 0.1) is 5.41 Å². The lowest BCUT2D eigenvalue weighted by molar-refractivity contribution is -0.129. The highest BCUT2D eigenvalue weighted by atomic mass is 16.5. The average molecular weight is 232 g/mol. The van der Waals surface area contributed by atoms with Crippen molar-refractivity contribution in [3.8, 4) is 0 Å². The molecule has 0 unspecified atom stereocenters. The lowest BCUT2D eigenvalue weighted by atomic mass is 9.67. The number of benzene rings is 1. The Morgan fingerprint density at radius 3 is 2.41 bits per heavy atom. The van der Waals surface area contributed by atoms with Crippen LogP contribution in [0.25, 0.3) is 0 Å². The van der Waals surface area contributed by atoms with Gasteiger partial charge in [0.1, 0.15) is 6.61 Å². The Bertz CT molecular complexity index is 364. The van der Waals surface area contributed by atoms with Gasteiger partial charge in [0.25, 0.3) is 0 Å². The van der Waals surface area contributed by atoms with Gasteiger partial charge in [-0.05, 0) is 18.4 Å². The first kappa shape index (κ1) is 12.3. The smallest absolute Gasteiger partial charge is 0.168 e. The molecule has 17 heavy (non-hydrogen) atoms. The zero-order chi connectivity index (χ0) is 12.1. The van der Waals surface area contributed by atoms with Crippen molar-refractivity contribution < 1.29 is 9.53 Å². The van der Waals surface area contributed by atoms with Crippen molar-refractivity contribution in [3.05, 3.63) is 35.9 Å². The summed E-state index contributed by atoms with van der Waals surface area (Å²) in [5.41, 5.74) is 0.886. The quantitative estimate of drug-likeness (QED) is 0.797. The predicted octanol–water partition coefficient (Wildman–Crippen LogP) is 3.10. The molecule has 1 aliphatic rings. The summed E-state index contributed by atoms with van der Waals surface area (Å²) in [6.45, 7) is 0.231. The lowest BCUT2D eigenvalue weighted by Crippen LogP contribution is -2.40. The summed E-state index contributed by atoms with van der Waals surface area (Å²) in [6, 6.07) is 10.2. The van der Waals surface area contributed by atoms with Crippen LogP contribution in [0.5, 0.6) is 0 Å². The molecule has 0 radical (unpaired) electrons. The van der Waals surface area contributed by atoms with Crippen LogP contribution in [-0.2, 0) is 14.9 Å². The number of carbonyl (C=O) groups is 1. The van der Waals surface area contributed by atoms with Gasteiger partial charge >= 0.3 is 0 Å². The van der Waals surface area contributed by atoms with E-state index in [2.05, 4.69) is 12.1 Å². The third-order valence-electron chi connectivity index (χ3n) is 3.84. The molecule has 0 atom stereocenters. The number of rotatable bonds is 4. The number of ether oxygens (including phenoxy) is 1. The normalized spacial score (nSPS) is 18.9. The Labute approximate surface area is 103 Å². The van der Waals surface area contributed by atoms with E-state index in [-0.39, 0.29) is 17.8 Å². The van der Waals surface area contributed by atoms with E-state index in [1.807, 2.05) is 18.2 Å². The molecular formula is C15H20O2. The van der Waals surface area contributed by atoms with Crippen LogP contribution in [0, 0.1) is 0 Å². The van der Waals surface area contributed by atoms with Gasteiger partial charge in [-0.3, -0.25) is 4.79 Å². The van der Waals surface area contributed by atoms with Gasteiger partial charge in [-0.15, -0.1) is 0 Å². The van der Waals surface area contributed by atoms with Gasteiger partial charge in [-0.2, -0.15) is 0 Å². The van der Waals surface area contributed by atoms with Crippen LogP contribution in [0.3, 0.4) is 0 Å². The number of hydrogen-bond acceptors (Lipinski definition) is 2. The Balaban J connectivity index is 2.33. The second-order valence-corrected chi connectivity index (χ2v) is 4.86. The standard InChI is InChI=1S/C15H20O2/c1-17-12-14(16)15(10-6-3-7-11-15)13-8-4-2-5-9-13/h2,4-5,8-9H,3,6-7,10-12H2,1H3. The van der Waals surface area contributed by atoms with Crippen LogP contribution >= 0.6 is 0 Å². The number of methoxy groups -OCH3 is 1. The molecule has 2 nitrogen and oxygen atoms in total. The zero-order valence-corrected chi connectivity index (χ0v) is 10.4. The third kappa shape index (κ3) is 2.42. The van der Waals surface area contributed by atoms with Crippen LogP contribution in [0.15, 0.2) is 30.3 Å². The molecule has 0 aliphatic heterocycles. The summed E-state index contributed by atoms with van der Waals surface area (Å²) in [7, 11) is 1.60. The van der Waals surface area contributed by atoms with Crippen LogP contribution in [-0.4, -0.2) is 19.5 Å². The average Bonchev–Trinajstić information content (AvgIpc) is 2.41. The largest absolute Gasteiger partial charge is 0.377 e. The molecule has 0 aromatic heterocycles. The maximum absolute atomic E-state index is 12.4. The summed E-state index contributed by atoms with van der Waals surface area (Å²) in [5.74, 6) is 0.242. The van der Waals surface area contributed by atoms with Gasteiger partial charge < -0.3 is 4.74 Å². The number of ketones is 1. The van der Waals surface area contributed by atoms with Crippen LogP contribution < -0.4 is 0 Å². The second-order valence-electron chi connectivity index (χ2n) is 4.86. The fourth-order valence-electron chi connectivity index (χ4n) is 2.91. The van der Waals surface area contributed by atoms with Crippen molar-refractivity contribution in [3.63, 3.8) is 0 Å². The summed E-state index contributed by atoms with van der Waals surface area (Å²) >= 11 is 0.